The van der Waals surface area contributed by atoms with Crippen molar-refractivity contribution < 1.29 is 19.4 Å². The zero-order valence-corrected chi connectivity index (χ0v) is 18.3. The van der Waals surface area contributed by atoms with Crippen molar-refractivity contribution in [1.82, 2.24) is 5.43 Å². The summed E-state index contributed by atoms with van der Waals surface area (Å²) in [4.78, 5) is 23.8. The van der Waals surface area contributed by atoms with Crippen molar-refractivity contribution >= 4 is 69.5 Å². The van der Waals surface area contributed by atoms with Crippen molar-refractivity contribution in [2.45, 2.75) is 13.3 Å². The maximum Gasteiger partial charge on any atom is 0.249 e. The van der Waals surface area contributed by atoms with Crippen molar-refractivity contribution in [3.05, 3.63) is 49.5 Å². The van der Waals surface area contributed by atoms with Crippen LogP contribution in [0.1, 0.15) is 18.9 Å². The van der Waals surface area contributed by atoms with Crippen LogP contribution in [-0.4, -0.2) is 29.7 Å². The molecular formula is C18H16Cl2IN3O4. The van der Waals surface area contributed by atoms with Gasteiger partial charge < -0.3 is 15.2 Å². The number of benzene rings is 2. The number of anilines is 1. The van der Waals surface area contributed by atoms with Crippen molar-refractivity contribution in [3.8, 4) is 11.5 Å². The molecule has 0 radical (unpaired) electrons. The van der Waals surface area contributed by atoms with Crippen LogP contribution in [0.3, 0.4) is 0 Å². The molecule has 0 heterocycles. The van der Waals surface area contributed by atoms with Gasteiger partial charge in [-0.2, -0.15) is 5.10 Å². The van der Waals surface area contributed by atoms with Crippen LogP contribution in [0.15, 0.2) is 35.4 Å². The first kappa shape index (κ1) is 22.3. The van der Waals surface area contributed by atoms with E-state index in [9.17, 15) is 14.7 Å². The lowest BCUT2D eigenvalue weighted by Crippen LogP contribution is -2.24. The number of phenols is 1. The zero-order valence-electron chi connectivity index (χ0n) is 14.6. The third kappa shape index (κ3) is 6.54. The second-order valence-electron chi connectivity index (χ2n) is 5.43. The van der Waals surface area contributed by atoms with E-state index in [1.54, 1.807) is 31.2 Å². The maximum atomic E-state index is 11.9. The third-order valence-electron chi connectivity index (χ3n) is 3.28. The molecule has 7 nitrogen and oxygen atoms in total. The summed E-state index contributed by atoms with van der Waals surface area (Å²) >= 11 is 13.6. The largest absolute Gasteiger partial charge is 0.504 e. The number of nitrogens with zero attached hydrogens (tertiary/aromatic N) is 1. The lowest BCUT2D eigenvalue weighted by atomic mass is 10.2. The van der Waals surface area contributed by atoms with Gasteiger partial charge in [-0.15, -0.1) is 0 Å². The molecule has 148 valence electrons. The Bertz CT molecular complexity index is 922. The molecule has 0 aromatic heterocycles. The summed E-state index contributed by atoms with van der Waals surface area (Å²) in [6.45, 7) is 2.20. The van der Waals surface area contributed by atoms with Gasteiger partial charge in [-0.3, -0.25) is 9.59 Å². The van der Waals surface area contributed by atoms with Gasteiger partial charge in [0.1, 0.15) is 6.42 Å². The van der Waals surface area contributed by atoms with Gasteiger partial charge in [-0.25, -0.2) is 5.43 Å². The molecule has 2 aromatic rings. The van der Waals surface area contributed by atoms with Crippen LogP contribution in [0.4, 0.5) is 5.69 Å². The molecule has 0 aliphatic heterocycles. The van der Waals surface area contributed by atoms with E-state index in [0.29, 0.717) is 37.2 Å². The average molecular weight is 536 g/mol. The number of rotatable bonds is 7. The van der Waals surface area contributed by atoms with Gasteiger partial charge in [0.15, 0.2) is 11.5 Å². The SMILES string of the molecule is CCOc1cc(/C=N/NC(=O)CC(=O)Nc2ccc(Cl)c(Cl)c2)cc(I)c1O. The Morgan fingerprint density at radius 1 is 1.21 bits per heavy atom. The molecule has 0 aliphatic rings. The quantitative estimate of drug-likeness (QED) is 0.214. The lowest BCUT2D eigenvalue weighted by molar-refractivity contribution is -0.126. The van der Waals surface area contributed by atoms with Crippen molar-refractivity contribution in [1.29, 1.82) is 0 Å². The number of hydrogen-bond donors (Lipinski definition) is 3. The smallest absolute Gasteiger partial charge is 0.249 e. The Kier molecular flexibility index (Phi) is 8.34. The first-order chi connectivity index (χ1) is 13.3. The number of aromatic hydroxyl groups is 1. The van der Waals surface area contributed by atoms with Crippen LogP contribution in [0, 0.1) is 3.57 Å². The highest BCUT2D eigenvalue weighted by atomic mass is 127. The summed E-state index contributed by atoms with van der Waals surface area (Å²) < 4.78 is 5.92. The van der Waals surface area contributed by atoms with E-state index < -0.39 is 18.2 Å². The summed E-state index contributed by atoms with van der Waals surface area (Å²) in [6, 6.07) is 7.86. The highest BCUT2D eigenvalue weighted by Crippen LogP contribution is 2.32. The number of halogens is 3. The fraction of sp³-hybridized carbons (Fsp3) is 0.167. The molecule has 0 spiro atoms. The molecule has 28 heavy (non-hydrogen) atoms. The minimum atomic E-state index is -0.590. The summed E-state index contributed by atoms with van der Waals surface area (Å²) in [5, 5.41) is 16.9. The van der Waals surface area contributed by atoms with Gasteiger partial charge in [0, 0.05) is 5.69 Å². The third-order valence-corrected chi connectivity index (χ3v) is 4.84. The Balaban J connectivity index is 1.91. The molecule has 2 amide bonds. The molecule has 10 heteroatoms. The molecule has 0 fully saturated rings. The topological polar surface area (TPSA) is 100 Å². The lowest BCUT2D eigenvalue weighted by Gasteiger charge is -2.08. The molecule has 0 unspecified atom stereocenters. The number of ether oxygens (including phenoxy) is 1. The molecule has 0 aliphatic carbocycles. The van der Waals surface area contributed by atoms with Gasteiger partial charge in [0.25, 0.3) is 0 Å². The van der Waals surface area contributed by atoms with Crippen LogP contribution in [0.25, 0.3) is 0 Å². The molecule has 0 saturated heterocycles. The second kappa shape index (κ2) is 10.5. The normalized spacial score (nSPS) is 10.7. The Labute approximate surface area is 185 Å². The van der Waals surface area contributed by atoms with E-state index in [1.165, 1.54) is 12.3 Å². The monoisotopic (exact) mass is 535 g/mol. The molecule has 2 aromatic carbocycles. The van der Waals surface area contributed by atoms with Gasteiger partial charge in [-0.05, 0) is 65.4 Å². The first-order valence-corrected chi connectivity index (χ1v) is 9.85. The van der Waals surface area contributed by atoms with E-state index in [0.717, 1.165) is 0 Å². The number of hydrogen-bond acceptors (Lipinski definition) is 5. The fourth-order valence-electron chi connectivity index (χ4n) is 2.08. The van der Waals surface area contributed by atoms with E-state index >= 15 is 0 Å². The number of hydrazone groups is 1. The highest BCUT2D eigenvalue weighted by Gasteiger charge is 2.11. The number of nitrogens with one attached hydrogen (secondary N) is 2. The number of phenolic OH excluding ortho intramolecular Hbond substituents is 1. The van der Waals surface area contributed by atoms with Crippen molar-refractivity contribution in [3.63, 3.8) is 0 Å². The molecule has 0 atom stereocenters. The summed E-state index contributed by atoms with van der Waals surface area (Å²) in [6.07, 6.45) is 0.966. The minimum Gasteiger partial charge on any atom is -0.504 e. The van der Waals surface area contributed by atoms with Crippen LogP contribution in [0.2, 0.25) is 10.0 Å². The van der Waals surface area contributed by atoms with Crippen molar-refractivity contribution in [2.24, 2.45) is 5.10 Å². The predicted molar refractivity (Wildman–Crippen MR) is 117 cm³/mol. The molecular weight excluding hydrogens is 520 g/mol. The number of carbonyl (C=O) groups excluding carboxylic acids is 2. The van der Waals surface area contributed by atoms with Crippen LogP contribution in [0.5, 0.6) is 11.5 Å². The van der Waals surface area contributed by atoms with E-state index in [-0.39, 0.29) is 5.75 Å². The number of carbonyl (C=O) groups is 2. The van der Waals surface area contributed by atoms with E-state index in [1.807, 2.05) is 22.6 Å². The van der Waals surface area contributed by atoms with Gasteiger partial charge in [-0.1, -0.05) is 23.2 Å². The molecule has 2 rings (SSSR count). The predicted octanol–water partition coefficient (Wildman–Crippen LogP) is 4.18. The Morgan fingerprint density at radius 2 is 1.96 bits per heavy atom. The summed E-state index contributed by atoms with van der Waals surface area (Å²) in [5.74, 6) is -0.748. The highest BCUT2D eigenvalue weighted by molar-refractivity contribution is 14.1. The summed E-state index contributed by atoms with van der Waals surface area (Å²) in [5.41, 5.74) is 3.32. The van der Waals surface area contributed by atoms with Crippen LogP contribution < -0.4 is 15.5 Å². The zero-order chi connectivity index (χ0) is 20.7. The first-order valence-electron chi connectivity index (χ1n) is 8.02. The van der Waals surface area contributed by atoms with Gasteiger partial charge in [0.05, 0.1) is 26.4 Å². The Hall–Kier alpha value is -2.04. The molecule has 3 N–H and O–H groups in total. The van der Waals surface area contributed by atoms with Crippen LogP contribution in [-0.2, 0) is 9.59 Å². The van der Waals surface area contributed by atoms with Crippen LogP contribution >= 0.6 is 45.8 Å². The van der Waals surface area contributed by atoms with E-state index in [4.69, 9.17) is 27.9 Å². The summed E-state index contributed by atoms with van der Waals surface area (Å²) in [7, 11) is 0. The number of amides is 2. The second-order valence-corrected chi connectivity index (χ2v) is 7.41. The maximum absolute atomic E-state index is 11.9. The fourth-order valence-corrected chi connectivity index (χ4v) is 3.00. The molecule has 0 bridgehead atoms. The molecule has 0 saturated carbocycles. The van der Waals surface area contributed by atoms with Gasteiger partial charge >= 0.3 is 0 Å². The van der Waals surface area contributed by atoms with Gasteiger partial charge in [0.2, 0.25) is 11.8 Å². The van der Waals surface area contributed by atoms with Crippen molar-refractivity contribution in [2.75, 3.05) is 11.9 Å². The minimum absolute atomic E-state index is 0.0441. The Morgan fingerprint density at radius 3 is 2.64 bits per heavy atom. The standard InChI is InChI=1S/C18H16Cl2IN3O4/c1-2-28-15-6-10(5-14(21)18(15)27)9-22-24-17(26)8-16(25)23-11-3-4-12(19)13(20)7-11/h3-7,9,27H,2,8H2,1H3,(H,23,25)(H,24,26)/b22-9+. The average Bonchev–Trinajstić information content (AvgIpc) is 2.62. The van der Waals surface area contributed by atoms with E-state index in [2.05, 4.69) is 15.8 Å².